The second-order valence-electron chi connectivity index (χ2n) is 3.79. The van der Waals surface area contributed by atoms with Gasteiger partial charge in [0.2, 0.25) is 0 Å². The van der Waals surface area contributed by atoms with Crippen LogP contribution in [0.3, 0.4) is 0 Å². The van der Waals surface area contributed by atoms with E-state index in [1.165, 1.54) is 0 Å². The molecule has 1 fully saturated rings. The van der Waals surface area contributed by atoms with Crippen molar-refractivity contribution < 1.29 is 14.3 Å². The fourth-order valence-electron chi connectivity index (χ4n) is 1.96. The summed E-state index contributed by atoms with van der Waals surface area (Å²) >= 11 is 0. The maximum Gasteiger partial charge on any atom is 0.414 e. The highest BCUT2D eigenvalue weighted by Gasteiger charge is 2.26. The fraction of sp³-hybridized carbons (Fsp3) is 0.417. The van der Waals surface area contributed by atoms with Crippen LogP contribution in [-0.4, -0.2) is 26.4 Å². The average molecular weight is 236 g/mol. The van der Waals surface area contributed by atoms with Crippen molar-refractivity contribution in [2.75, 3.05) is 25.2 Å². The molecule has 1 saturated heterocycles. The van der Waals surface area contributed by atoms with Crippen LogP contribution in [0, 0.1) is 0 Å². The van der Waals surface area contributed by atoms with Crippen LogP contribution in [0.1, 0.15) is 12.0 Å². The number of benzene rings is 1. The van der Waals surface area contributed by atoms with E-state index < -0.39 is 0 Å². The Morgan fingerprint density at radius 1 is 1.53 bits per heavy atom. The zero-order valence-corrected chi connectivity index (χ0v) is 9.81. The van der Waals surface area contributed by atoms with Gasteiger partial charge >= 0.3 is 6.09 Å². The predicted octanol–water partition coefficient (Wildman–Crippen LogP) is 1.50. The third-order valence-electron chi connectivity index (χ3n) is 2.76. The highest BCUT2D eigenvalue weighted by molar-refractivity contribution is 5.91. The van der Waals surface area contributed by atoms with Crippen molar-refractivity contribution in [2.24, 2.45) is 5.73 Å². The lowest BCUT2D eigenvalue weighted by atomic mass is 10.1. The molecule has 2 rings (SSSR count). The number of hydrogen-bond donors (Lipinski definition) is 1. The van der Waals surface area contributed by atoms with E-state index in [1.807, 2.05) is 18.2 Å². The van der Waals surface area contributed by atoms with Gasteiger partial charge in [-0.2, -0.15) is 0 Å². The van der Waals surface area contributed by atoms with E-state index in [2.05, 4.69) is 0 Å². The molecule has 0 aromatic heterocycles. The third kappa shape index (κ3) is 2.19. The Balaban J connectivity index is 2.44. The normalized spacial score (nSPS) is 15.6. The summed E-state index contributed by atoms with van der Waals surface area (Å²) in [6, 6.07) is 5.57. The predicted molar refractivity (Wildman–Crippen MR) is 64.2 cm³/mol. The summed E-state index contributed by atoms with van der Waals surface area (Å²) in [6.07, 6.45) is 0.476. The molecule has 5 nitrogen and oxygen atoms in total. The first-order valence-corrected chi connectivity index (χ1v) is 5.58. The van der Waals surface area contributed by atoms with Gasteiger partial charge in [0, 0.05) is 13.1 Å². The molecule has 1 aromatic carbocycles. The number of ether oxygens (including phenoxy) is 2. The van der Waals surface area contributed by atoms with Crippen molar-refractivity contribution in [2.45, 2.75) is 13.0 Å². The molecule has 17 heavy (non-hydrogen) atoms. The number of methoxy groups -OCH3 is 1. The molecule has 5 heteroatoms. The van der Waals surface area contributed by atoms with Crippen LogP contribution < -0.4 is 15.4 Å². The van der Waals surface area contributed by atoms with E-state index >= 15 is 0 Å². The van der Waals surface area contributed by atoms with Gasteiger partial charge in [-0.3, -0.25) is 4.90 Å². The summed E-state index contributed by atoms with van der Waals surface area (Å²) < 4.78 is 10.3. The first-order valence-electron chi connectivity index (χ1n) is 5.58. The number of carbonyl (C=O) groups excluding carboxylic acids is 1. The topological polar surface area (TPSA) is 64.8 Å². The molecule has 0 saturated carbocycles. The molecule has 0 atom stereocenters. The van der Waals surface area contributed by atoms with Gasteiger partial charge in [0.15, 0.2) is 0 Å². The Bertz CT molecular complexity index is 398. The van der Waals surface area contributed by atoms with E-state index in [0.29, 0.717) is 25.4 Å². The van der Waals surface area contributed by atoms with Crippen LogP contribution in [0.5, 0.6) is 5.75 Å². The Morgan fingerprint density at radius 2 is 2.35 bits per heavy atom. The first kappa shape index (κ1) is 11.7. The van der Waals surface area contributed by atoms with Crippen LogP contribution in [0.25, 0.3) is 0 Å². The molecule has 2 N–H and O–H groups in total. The van der Waals surface area contributed by atoms with Crippen molar-refractivity contribution >= 4 is 11.8 Å². The summed E-state index contributed by atoms with van der Waals surface area (Å²) in [5.74, 6) is 0.645. The number of nitrogens with two attached hydrogens (primary N) is 1. The second kappa shape index (κ2) is 5.05. The Hall–Kier alpha value is -1.75. The van der Waals surface area contributed by atoms with E-state index in [1.54, 1.807) is 12.0 Å². The number of cyclic esters (lactones) is 1. The minimum atomic E-state index is -0.338. The summed E-state index contributed by atoms with van der Waals surface area (Å²) in [6.45, 7) is 1.46. The number of anilines is 1. The third-order valence-corrected chi connectivity index (χ3v) is 2.76. The number of amides is 1. The van der Waals surface area contributed by atoms with Gasteiger partial charge in [-0.25, -0.2) is 4.79 Å². The first-order chi connectivity index (χ1) is 8.27. The molecule has 1 amide bonds. The van der Waals surface area contributed by atoms with Gasteiger partial charge in [-0.15, -0.1) is 0 Å². The highest BCUT2D eigenvalue weighted by atomic mass is 16.6. The van der Waals surface area contributed by atoms with Crippen LogP contribution >= 0.6 is 0 Å². The summed E-state index contributed by atoms with van der Waals surface area (Å²) in [5, 5.41) is 0. The summed E-state index contributed by atoms with van der Waals surface area (Å²) in [5.41, 5.74) is 7.29. The molecular formula is C12H16N2O3. The maximum absolute atomic E-state index is 11.7. The molecule has 1 aliphatic rings. The van der Waals surface area contributed by atoms with Crippen LogP contribution in [0.2, 0.25) is 0 Å². The van der Waals surface area contributed by atoms with Gasteiger partial charge < -0.3 is 15.2 Å². The average Bonchev–Trinajstić information content (AvgIpc) is 2.38. The molecule has 0 aliphatic carbocycles. The minimum Gasteiger partial charge on any atom is -0.495 e. The van der Waals surface area contributed by atoms with Gasteiger partial charge in [0.1, 0.15) is 5.75 Å². The van der Waals surface area contributed by atoms with Gasteiger partial charge in [-0.1, -0.05) is 12.1 Å². The number of carbonyl (C=O) groups is 1. The number of nitrogens with zero attached hydrogens (tertiary/aromatic N) is 1. The summed E-state index contributed by atoms with van der Waals surface area (Å²) in [4.78, 5) is 13.3. The Labute approximate surface area is 100 Å². The van der Waals surface area contributed by atoms with Gasteiger partial charge in [-0.05, 0) is 18.1 Å². The van der Waals surface area contributed by atoms with Gasteiger partial charge in [0.25, 0.3) is 0 Å². The van der Waals surface area contributed by atoms with Crippen molar-refractivity contribution in [1.29, 1.82) is 0 Å². The lowest BCUT2D eigenvalue weighted by molar-refractivity contribution is 0.140. The SMILES string of the molecule is COc1cccc(CN)c1N1CCCOC1=O. The molecule has 1 aromatic rings. The van der Waals surface area contributed by atoms with Gasteiger partial charge in [0.05, 0.1) is 19.4 Å². The number of hydrogen-bond acceptors (Lipinski definition) is 4. The molecule has 92 valence electrons. The standard InChI is InChI=1S/C12H16N2O3/c1-16-10-5-2-4-9(8-13)11(10)14-6-3-7-17-12(14)15/h2,4-5H,3,6-8,13H2,1H3. The zero-order valence-electron chi connectivity index (χ0n) is 9.81. The van der Waals surface area contributed by atoms with Crippen LogP contribution in [0.15, 0.2) is 18.2 Å². The second-order valence-corrected chi connectivity index (χ2v) is 3.79. The highest BCUT2D eigenvalue weighted by Crippen LogP contribution is 2.33. The quantitative estimate of drug-likeness (QED) is 0.863. The fourth-order valence-corrected chi connectivity index (χ4v) is 1.96. The van der Waals surface area contributed by atoms with Crippen LogP contribution in [-0.2, 0) is 11.3 Å². The Morgan fingerprint density at radius 3 is 3.00 bits per heavy atom. The number of para-hydroxylation sites is 1. The van der Waals surface area contributed by atoms with E-state index in [9.17, 15) is 4.79 Å². The minimum absolute atomic E-state index is 0.338. The number of rotatable bonds is 3. The molecule has 0 spiro atoms. The van der Waals surface area contributed by atoms with E-state index in [4.69, 9.17) is 15.2 Å². The molecule has 0 radical (unpaired) electrons. The lowest BCUT2D eigenvalue weighted by Crippen LogP contribution is -2.38. The molecule has 1 aliphatic heterocycles. The van der Waals surface area contributed by atoms with Crippen molar-refractivity contribution in [3.8, 4) is 5.75 Å². The smallest absolute Gasteiger partial charge is 0.414 e. The maximum atomic E-state index is 11.7. The summed E-state index contributed by atoms with van der Waals surface area (Å²) in [7, 11) is 1.58. The molecule has 0 bridgehead atoms. The van der Waals surface area contributed by atoms with Crippen molar-refractivity contribution in [3.63, 3.8) is 0 Å². The molecule has 0 unspecified atom stereocenters. The van der Waals surface area contributed by atoms with Crippen molar-refractivity contribution in [1.82, 2.24) is 0 Å². The van der Waals surface area contributed by atoms with Crippen molar-refractivity contribution in [3.05, 3.63) is 23.8 Å². The monoisotopic (exact) mass is 236 g/mol. The van der Waals surface area contributed by atoms with Crippen LogP contribution in [0.4, 0.5) is 10.5 Å². The van der Waals surface area contributed by atoms with E-state index in [0.717, 1.165) is 17.7 Å². The van der Waals surface area contributed by atoms with E-state index in [-0.39, 0.29) is 6.09 Å². The Kier molecular flexibility index (Phi) is 3.49. The largest absolute Gasteiger partial charge is 0.495 e. The lowest BCUT2D eigenvalue weighted by Gasteiger charge is -2.29. The zero-order chi connectivity index (χ0) is 12.3. The molecule has 1 heterocycles. The molecular weight excluding hydrogens is 220 g/mol.